The van der Waals surface area contributed by atoms with Crippen molar-refractivity contribution in [3.05, 3.63) is 18.3 Å². The van der Waals surface area contributed by atoms with E-state index in [2.05, 4.69) is 31.1 Å². The Morgan fingerprint density at radius 1 is 1.23 bits per heavy atom. The maximum atomic E-state index is 12.6. The van der Waals surface area contributed by atoms with Crippen LogP contribution < -0.4 is 5.32 Å². The van der Waals surface area contributed by atoms with Gasteiger partial charge in [-0.15, -0.1) is 0 Å². The van der Waals surface area contributed by atoms with Crippen molar-refractivity contribution in [1.82, 2.24) is 9.29 Å². The zero-order valence-electron chi connectivity index (χ0n) is 16.1. The summed E-state index contributed by atoms with van der Waals surface area (Å²) in [6.45, 7) is 9.48. The number of pyridine rings is 1. The summed E-state index contributed by atoms with van der Waals surface area (Å²) in [4.78, 5) is 4.61. The van der Waals surface area contributed by atoms with E-state index in [-0.39, 0.29) is 16.4 Å². The van der Waals surface area contributed by atoms with Crippen molar-refractivity contribution in [1.29, 1.82) is 0 Å². The van der Waals surface area contributed by atoms with Crippen LogP contribution >= 0.6 is 0 Å². The first-order valence-electron chi connectivity index (χ1n) is 9.60. The molecule has 2 aliphatic rings. The molecule has 2 aliphatic heterocycles. The standard InChI is InChI=1S/C19H31N3O3S/c1-19(2,3)18-15(7-6-12-25-18)13-20-17-9-8-16(14-21-17)26(23,24)22-10-4-5-11-22/h8-9,14-15,18H,4-7,10-13H2,1-3H3,(H,20,21). The second-order valence-corrected chi connectivity index (χ2v) is 10.4. The Kier molecular flexibility index (Phi) is 5.89. The summed E-state index contributed by atoms with van der Waals surface area (Å²) in [6, 6.07) is 3.42. The smallest absolute Gasteiger partial charge is 0.244 e. The molecule has 146 valence electrons. The van der Waals surface area contributed by atoms with Crippen LogP contribution in [0.15, 0.2) is 23.2 Å². The topological polar surface area (TPSA) is 71.5 Å². The van der Waals surface area contributed by atoms with Crippen LogP contribution in [0.1, 0.15) is 46.5 Å². The zero-order chi connectivity index (χ0) is 18.8. The Hall–Kier alpha value is -1.18. The SMILES string of the molecule is CC(C)(C)C1OCCCC1CNc1ccc(S(=O)(=O)N2CCCC2)cn1. The number of aromatic nitrogens is 1. The monoisotopic (exact) mass is 381 g/mol. The maximum absolute atomic E-state index is 12.6. The van der Waals surface area contributed by atoms with Gasteiger partial charge in [0.1, 0.15) is 10.7 Å². The highest BCUT2D eigenvalue weighted by molar-refractivity contribution is 7.89. The molecule has 0 radical (unpaired) electrons. The fraction of sp³-hybridized carbons (Fsp3) is 0.737. The minimum atomic E-state index is -3.40. The first kappa shape index (κ1) is 19.6. The predicted octanol–water partition coefficient (Wildman–Crippen LogP) is 3.12. The van der Waals surface area contributed by atoms with Crippen molar-refractivity contribution in [3.63, 3.8) is 0 Å². The molecule has 0 saturated carbocycles. The van der Waals surface area contributed by atoms with E-state index in [1.165, 1.54) is 6.20 Å². The molecule has 1 aromatic heterocycles. The molecule has 0 spiro atoms. The Morgan fingerprint density at radius 3 is 2.58 bits per heavy atom. The van der Waals surface area contributed by atoms with Gasteiger partial charge in [-0.3, -0.25) is 0 Å². The molecule has 2 atom stereocenters. The van der Waals surface area contributed by atoms with Gasteiger partial charge in [0.05, 0.1) is 6.10 Å². The van der Waals surface area contributed by atoms with Gasteiger partial charge in [-0.05, 0) is 43.2 Å². The van der Waals surface area contributed by atoms with E-state index in [4.69, 9.17) is 4.74 Å². The van der Waals surface area contributed by atoms with Crippen molar-refractivity contribution in [2.24, 2.45) is 11.3 Å². The summed E-state index contributed by atoms with van der Waals surface area (Å²) < 4.78 is 32.7. The number of sulfonamides is 1. The van der Waals surface area contributed by atoms with Gasteiger partial charge >= 0.3 is 0 Å². The lowest BCUT2D eigenvalue weighted by Gasteiger charge is -2.40. The third-order valence-corrected chi connectivity index (χ3v) is 7.17. The summed E-state index contributed by atoms with van der Waals surface area (Å²) in [5, 5.41) is 3.37. The van der Waals surface area contributed by atoms with Crippen LogP contribution in [0, 0.1) is 11.3 Å². The number of hydrogen-bond donors (Lipinski definition) is 1. The molecule has 2 fully saturated rings. The molecule has 3 heterocycles. The minimum absolute atomic E-state index is 0.105. The lowest BCUT2D eigenvalue weighted by atomic mass is 9.78. The van der Waals surface area contributed by atoms with E-state index >= 15 is 0 Å². The molecular weight excluding hydrogens is 350 g/mol. The molecule has 3 rings (SSSR count). The summed E-state index contributed by atoms with van der Waals surface area (Å²) in [5.41, 5.74) is 0.105. The summed E-state index contributed by atoms with van der Waals surface area (Å²) >= 11 is 0. The highest BCUT2D eigenvalue weighted by Crippen LogP contribution is 2.34. The molecule has 0 aromatic carbocycles. The highest BCUT2D eigenvalue weighted by atomic mass is 32.2. The number of ether oxygens (including phenoxy) is 1. The van der Waals surface area contributed by atoms with Gasteiger partial charge in [0.15, 0.2) is 0 Å². The first-order valence-corrected chi connectivity index (χ1v) is 11.0. The van der Waals surface area contributed by atoms with Gasteiger partial charge in [-0.2, -0.15) is 4.31 Å². The van der Waals surface area contributed by atoms with E-state index in [1.807, 2.05) is 0 Å². The second kappa shape index (κ2) is 7.82. The molecule has 2 unspecified atom stereocenters. The van der Waals surface area contributed by atoms with Crippen LogP contribution in [0.25, 0.3) is 0 Å². The second-order valence-electron chi connectivity index (χ2n) is 8.43. The van der Waals surface area contributed by atoms with Crippen LogP contribution in [-0.2, 0) is 14.8 Å². The summed E-state index contributed by atoms with van der Waals surface area (Å²) in [5.74, 6) is 1.14. The van der Waals surface area contributed by atoms with Gasteiger partial charge in [-0.25, -0.2) is 13.4 Å². The van der Waals surface area contributed by atoms with Crippen molar-refractivity contribution in [2.45, 2.75) is 57.5 Å². The molecule has 6 nitrogen and oxygen atoms in total. The Labute approximate surface area is 157 Å². The van der Waals surface area contributed by atoms with E-state index < -0.39 is 10.0 Å². The van der Waals surface area contributed by atoms with Gasteiger partial charge in [0.2, 0.25) is 10.0 Å². The lowest BCUT2D eigenvalue weighted by molar-refractivity contribution is -0.0814. The number of nitrogens with one attached hydrogen (secondary N) is 1. The number of nitrogens with zero attached hydrogens (tertiary/aromatic N) is 2. The van der Waals surface area contributed by atoms with Crippen molar-refractivity contribution in [2.75, 3.05) is 31.6 Å². The third-order valence-electron chi connectivity index (χ3n) is 5.28. The van der Waals surface area contributed by atoms with Gasteiger partial charge in [-0.1, -0.05) is 20.8 Å². The highest BCUT2D eigenvalue weighted by Gasteiger charge is 2.35. The normalized spacial score (nSPS) is 25.3. The molecule has 1 N–H and O–H groups in total. The molecular formula is C19H31N3O3S. The van der Waals surface area contributed by atoms with Crippen LogP contribution in [0.5, 0.6) is 0 Å². The average Bonchev–Trinajstić information content (AvgIpc) is 3.15. The van der Waals surface area contributed by atoms with Gasteiger partial charge < -0.3 is 10.1 Å². The predicted molar refractivity (Wildman–Crippen MR) is 103 cm³/mol. The van der Waals surface area contributed by atoms with E-state index in [1.54, 1.807) is 16.4 Å². The van der Waals surface area contributed by atoms with Crippen LogP contribution in [-0.4, -0.2) is 50.1 Å². The number of rotatable bonds is 5. The summed E-state index contributed by atoms with van der Waals surface area (Å²) in [6.07, 6.45) is 5.78. The van der Waals surface area contributed by atoms with Crippen molar-refractivity contribution in [3.8, 4) is 0 Å². The number of anilines is 1. The number of hydrogen-bond acceptors (Lipinski definition) is 5. The Morgan fingerprint density at radius 2 is 1.96 bits per heavy atom. The van der Waals surface area contributed by atoms with Gasteiger partial charge in [0.25, 0.3) is 0 Å². The van der Waals surface area contributed by atoms with E-state index in [0.29, 0.717) is 24.8 Å². The lowest BCUT2D eigenvalue weighted by Crippen LogP contribution is -2.42. The quantitative estimate of drug-likeness (QED) is 0.848. The average molecular weight is 382 g/mol. The fourth-order valence-corrected chi connectivity index (χ4v) is 5.42. The Balaban J connectivity index is 1.62. The van der Waals surface area contributed by atoms with Crippen molar-refractivity contribution < 1.29 is 13.2 Å². The van der Waals surface area contributed by atoms with Crippen LogP contribution in [0.2, 0.25) is 0 Å². The fourth-order valence-electron chi connectivity index (χ4n) is 3.96. The molecule has 2 saturated heterocycles. The molecule has 0 amide bonds. The van der Waals surface area contributed by atoms with Crippen molar-refractivity contribution >= 4 is 15.8 Å². The first-order chi connectivity index (χ1) is 12.3. The molecule has 26 heavy (non-hydrogen) atoms. The van der Waals surface area contributed by atoms with Crippen LogP contribution in [0.3, 0.4) is 0 Å². The van der Waals surface area contributed by atoms with Crippen LogP contribution in [0.4, 0.5) is 5.82 Å². The van der Waals surface area contributed by atoms with Gasteiger partial charge in [0, 0.05) is 38.4 Å². The van der Waals surface area contributed by atoms with E-state index in [0.717, 1.165) is 38.8 Å². The third kappa shape index (κ3) is 4.38. The maximum Gasteiger partial charge on any atom is 0.244 e. The minimum Gasteiger partial charge on any atom is -0.377 e. The summed E-state index contributed by atoms with van der Waals surface area (Å²) in [7, 11) is -3.40. The zero-order valence-corrected chi connectivity index (χ0v) is 16.9. The Bertz CT molecular complexity index is 692. The molecule has 1 aromatic rings. The molecule has 7 heteroatoms. The van der Waals surface area contributed by atoms with E-state index in [9.17, 15) is 8.42 Å². The molecule has 0 bridgehead atoms. The molecule has 0 aliphatic carbocycles. The largest absolute Gasteiger partial charge is 0.377 e.